The molecule has 1 aliphatic rings. The molecular formula is C12H23Li. The molecule has 0 nitrogen and oxygen atoms in total. The zero-order valence-corrected chi connectivity index (χ0v) is 9.68. The molecule has 1 aliphatic carbocycles. The van der Waals surface area contributed by atoms with Gasteiger partial charge in [0.05, 0.1) is 0 Å². The minimum atomic E-state index is 1.00. The number of hydrogen-bond acceptors (Lipinski definition) is 0. The summed E-state index contributed by atoms with van der Waals surface area (Å²) >= 11 is 2.49. The Bertz CT molecular complexity index is 133. The molecule has 0 radical (unpaired) electrons. The first-order valence-electron chi connectivity index (χ1n) is 6.29. The van der Waals surface area contributed by atoms with Crippen molar-refractivity contribution in [1.29, 1.82) is 0 Å². The van der Waals surface area contributed by atoms with Crippen LogP contribution in [0.5, 0.6) is 0 Å². The maximum absolute atomic E-state index is 2.49. The van der Waals surface area contributed by atoms with Crippen LogP contribution < -0.4 is 0 Å². The summed E-state index contributed by atoms with van der Waals surface area (Å²) in [6.07, 6.45) is 10.2. The van der Waals surface area contributed by atoms with Crippen LogP contribution in [-0.2, 0) is 0 Å². The van der Waals surface area contributed by atoms with E-state index in [-0.39, 0.29) is 0 Å². The topological polar surface area (TPSA) is 0 Å². The van der Waals surface area contributed by atoms with Crippen molar-refractivity contribution in [2.24, 2.45) is 11.8 Å². The van der Waals surface area contributed by atoms with Gasteiger partial charge in [-0.3, -0.25) is 0 Å². The average molecular weight is 174 g/mol. The van der Waals surface area contributed by atoms with Crippen molar-refractivity contribution < 1.29 is 0 Å². The number of rotatable bonds is 4. The van der Waals surface area contributed by atoms with Crippen molar-refractivity contribution in [2.75, 3.05) is 0 Å². The van der Waals surface area contributed by atoms with Crippen LogP contribution >= 0.6 is 0 Å². The summed E-state index contributed by atoms with van der Waals surface area (Å²) < 4.78 is 1.00. The summed E-state index contributed by atoms with van der Waals surface area (Å²) in [4.78, 5) is 0. The van der Waals surface area contributed by atoms with E-state index in [0.717, 1.165) is 16.4 Å². The molecular weight excluding hydrogens is 151 g/mol. The molecule has 0 heterocycles. The quantitative estimate of drug-likeness (QED) is 0.566. The monoisotopic (exact) mass is 174 g/mol. The minimum absolute atomic E-state index is 1.00. The zero-order chi connectivity index (χ0) is 9.68. The Morgan fingerprint density at radius 3 is 2.46 bits per heavy atom. The predicted molar refractivity (Wildman–Crippen MR) is 60.2 cm³/mol. The van der Waals surface area contributed by atoms with Gasteiger partial charge >= 0.3 is 92.9 Å². The van der Waals surface area contributed by atoms with Crippen LogP contribution in [-0.4, -0.2) is 17.7 Å². The number of unbranched alkanes of at least 4 members (excludes halogenated alkanes) is 1. The van der Waals surface area contributed by atoms with Crippen LogP contribution in [0.4, 0.5) is 0 Å². The Hall–Kier alpha value is 0.597. The van der Waals surface area contributed by atoms with E-state index in [4.69, 9.17) is 0 Å². The van der Waals surface area contributed by atoms with Gasteiger partial charge in [0.15, 0.2) is 0 Å². The van der Waals surface area contributed by atoms with Gasteiger partial charge in [0.25, 0.3) is 0 Å². The van der Waals surface area contributed by atoms with Crippen molar-refractivity contribution in [3.05, 3.63) is 0 Å². The molecule has 1 fully saturated rings. The second-order valence-electron chi connectivity index (χ2n) is 4.86. The molecule has 3 unspecified atom stereocenters. The van der Waals surface area contributed by atoms with Crippen LogP contribution in [0.3, 0.4) is 0 Å². The molecule has 1 saturated carbocycles. The third-order valence-corrected chi connectivity index (χ3v) is 4.09. The van der Waals surface area contributed by atoms with Gasteiger partial charge in [-0.2, -0.15) is 0 Å². The molecule has 0 bridgehead atoms. The summed E-state index contributed by atoms with van der Waals surface area (Å²) in [5.74, 6) is 2.09. The van der Waals surface area contributed by atoms with Gasteiger partial charge in [0, 0.05) is 0 Å². The first-order valence-corrected chi connectivity index (χ1v) is 6.29. The van der Waals surface area contributed by atoms with Gasteiger partial charge in [0.1, 0.15) is 0 Å². The Morgan fingerprint density at radius 1 is 1.15 bits per heavy atom. The molecule has 13 heavy (non-hydrogen) atoms. The van der Waals surface area contributed by atoms with Crippen molar-refractivity contribution in [3.63, 3.8) is 0 Å². The molecule has 0 aromatic heterocycles. The standard InChI is InChI=1S/C12H23.Li/c1-3-5-7-12-9-6-8-11(4-2)10-12;/h10-12H,3-9H2,1-2H3;. The van der Waals surface area contributed by atoms with Crippen LogP contribution in [0, 0.1) is 11.8 Å². The fourth-order valence-corrected chi connectivity index (χ4v) is 3.00. The van der Waals surface area contributed by atoms with Crippen molar-refractivity contribution in [1.82, 2.24) is 0 Å². The van der Waals surface area contributed by atoms with Crippen LogP contribution in [0.1, 0.15) is 58.8 Å². The summed E-state index contributed by atoms with van der Waals surface area (Å²) in [5, 5.41) is 0. The van der Waals surface area contributed by atoms with Gasteiger partial charge in [-0.1, -0.05) is 0 Å². The third-order valence-electron chi connectivity index (χ3n) is 4.09. The molecule has 3 atom stereocenters. The Morgan fingerprint density at radius 2 is 1.85 bits per heavy atom. The summed E-state index contributed by atoms with van der Waals surface area (Å²) in [6.45, 7) is 4.67. The van der Waals surface area contributed by atoms with E-state index in [1.54, 1.807) is 0 Å². The molecule has 0 aromatic rings. The van der Waals surface area contributed by atoms with Crippen molar-refractivity contribution >= 4 is 17.7 Å². The van der Waals surface area contributed by atoms with Gasteiger partial charge in [-0.15, -0.1) is 0 Å². The number of hydrogen-bond donors (Lipinski definition) is 0. The first kappa shape index (κ1) is 11.7. The second kappa shape index (κ2) is 6.15. The summed E-state index contributed by atoms with van der Waals surface area (Å²) in [6, 6.07) is 0. The molecule has 72 valence electrons. The summed E-state index contributed by atoms with van der Waals surface area (Å²) in [5.41, 5.74) is 0. The first-order chi connectivity index (χ1) is 6.29. The molecule has 0 spiro atoms. The molecule has 1 rings (SSSR count). The fraction of sp³-hybridized carbons (Fsp3) is 1.00. The van der Waals surface area contributed by atoms with Crippen molar-refractivity contribution in [3.8, 4) is 0 Å². The molecule has 1 heteroatoms. The average Bonchev–Trinajstić information content (AvgIpc) is 2.16. The van der Waals surface area contributed by atoms with E-state index in [1.807, 2.05) is 0 Å². The maximum atomic E-state index is 2.49. The normalized spacial score (nSPS) is 34.9. The van der Waals surface area contributed by atoms with E-state index in [0.29, 0.717) is 0 Å². The zero-order valence-electron chi connectivity index (χ0n) is 9.68. The summed E-state index contributed by atoms with van der Waals surface area (Å²) in [7, 11) is 0. The molecule has 0 amide bonds. The Balaban J connectivity index is 2.35. The van der Waals surface area contributed by atoms with Crippen LogP contribution in [0.15, 0.2) is 0 Å². The van der Waals surface area contributed by atoms with E-state index in [2.05, 4.69) is 31.6 Å². The SMILES string of the molecule is [Li][CH]1C(CC)CCCC1CCCC. The van der Waals surface area contributed by atoms with Gasteiger partial charge < -0.3 is 0 Å². The fourth-order valence-electron chi connectivity index (χ4n) is 3.00. The molecule has 0 aromatic carbocycles. The predicted octanol–water partition coefficient (Wildman–Crippen LogP) is 3.96. The molecule has 0 saturated heterocycles. The van der Waals surface area contributed by atoms with Gasteiger partial charge in [-0.05, 0) is 0 Å². The van der Waals surface area contributed by atoms with Crippen LogP contribution in [0.2, 0.25) is 4.59 Å². The Labute approximate surface area is 93.1 Å². The van der Waals surface area contributed by atoms with Gasteiger partial charge in [-0.25, -0.2) is 0 Å². The second-order valence-corrected chi connectivity index (χ2v) is 4.86. The van der Waals surface area contributed by atoms with E-state index < -0.39 is 0 Å². The van der Waals surface area contributed by atoms with E-state index in [9.17, 15) is 0 Å². The van der Waals surface area contributed by atoms with E-state index >= 15 is 0 Å². The van der Waals surface area contributed by atoms with Gasteiger partial charge in [0.2, 0.25) is 0 Å². The third kappa shape index (κ3) is 3.33. The van der Waals surface area contributed by atoms with E-state index in [1.165, 1.54) is 44.9 Å². The van der Waals surface area contributed by atoms with Crippen molar-refractivity contribution in [2.45, 2.75) is 63.4 Å². The Kier molecular flexibility index (Phi) is 5.52. The molecule has 0 aliphatic heterocycles. The van der Waals surface area contributed by atoms with Crippen LogP contribution in [0.25, 0.3) is 0 Å². The molecule has 0 N–H and O–H groups in total.